The summed E-state index contributed by atoms with van der Waals surface area (Å²) in [6.07, 6.45) is 0. The number of hydrogen-bond donors (Lipinski definition) is 0. The Balaban J connectivity index is 2.98. The second-order valence-corrected chi connectivity index (χ2v) is 4.34. The number of alkyl halides is 1. The van der Waals surface area contributed by atoms with Crippen LogP contribution in [0.15, 0.2) is 29.4 Å². The summed E-state index contributed by atoms with van der Waals surface area (Å²) in [6.45, 7) is 1.91. The number of carbonyl (C=O) groups excluding carboxylic acids is 1. The first-order valence-corrected chi connectivity index (χ1v) is 6.12. The van der Waals surface area contributed by atoms with E-state index in [1.54, 1.807) is 6.92 Å². The van der Waals surface area contributed by atoms with Crippen LogP contribution in [0.1, 0.15) is 18.5 Å². The molecule has 0 aliphatic heterocycles. The number of nitrogens with zero attached hydrogens (tertiary/aromatic N) is 3. The van der Waals surface area contributed by atoms with Gasteiger partial charge in [0.1, 0.15) is 10.6 Å². The van der Waals surface area contributed by atoms with Gasteiger partial charge in [0.05, 0.1) is 12.6 Å². The van der Waals surface area contributed by atoms with E-state index < -0.39 is 22.7 Å². The SMILES string of the molecule is CCOC(=O)C(Br)C(N=[N+]=[N-])c1ccc(F)cc1. The monoisotopic (exact) mass is 315 g/mol. The maximum absolute atomic E-state index is 12.8. The summed E-state index contributed by atoms with van der Waals surface area (Å²) < 4.78 is 17.6. The molecule has 7 heteroatoms. The lowest BCUT2D eigenvalue weighted by atomic mass is 10.0. The molecule has 2 unspecified atom stereocenters. The van der Waals surface area contributed by atoms with Crippen molar-refractivity contribution in [2.75, 3.05) is 6.61 Å². The van der Waals surface area contributed by atoms with Crippen LogP contribution < -0.4 is 0 Å². The molecule has 0 heterocycles. The van der Waals surface area contributed by atoms with Crippen LogP contribution in [0.4, 0.5) is 4.39 Å². The fourth-order valence-electron chi connectivity index (χ4n) is 1.36. The molecular formula is C11H11BrFN3O2. The van der Waals surface area contributed by atoms with Gasteiger partial charge in [0, 0.05) is 4.91 Å². The third-order valence-electron chi connectivity index (χ3n) is 2.18. The largest absolute Gasteiger partial charge is 0.465 e. The first kappa shape index (κ1) is 14.5. The van der Waals surface area contributed by atoms with Crippen LogP contribution in [-0.4, -0.2) is 17.4 Å². The Kier molecular flexibility index (Phi) is 5.61. The smallest absolute Gasteiger partial charge is 0.320 e. The molecule has 1 rings (SSSR count). The topological polar surface area (TPSA) is 75.1 Å². The molecule has 0 aromatic heterocycles. The van der Waals surface area contributed by atoms with E-state index in [4.69, 9.17) is 10.3 Å². The van der Waals surface area contributed by atoms with Gasteiger partial charge in [-0.1, -0.05) is 33.2 Å². The van der Waals surface area contributed by atoms with Crippen LogP contribution in [0, 0.1) is 5.82 Å². The summed E-state index contributed by atoms with van der Waals surface area (Å²) in [5, 5.41) is 3.54. The molecule has 0 saturated heterocycles. The highest BCUT2D eigenvalue weighted by Gasteiger charge is 2.27. The number of hydrogen-bond acceptors (Lipinski definition) is 3. The Morgan fingerprint density at radius 1 is 1.56 bits per heavy atom. The van der Waals surface area contributed by atoms with Gasteiger partial charge in [-0.15, -0.1) is 0 Å². The number of carbonyl (C=O) groups is 1. The second kappa shape index (κ2) is 6.98. The Morgan fingerprint density at radius 3 is 2.67 bits per heavy atom. The molecule has 0 saturated carbocycles. The van der Waals surface area contributed by atoms with Gasteiger partial charge in [-0.2, -0.15) is 0 Å². The van der Waals surface area contributed by atoms with Crippen molar-refractivity contribution in [2.24, 2.45) is 5.11 Å². The van der Waals surface area contributed by atoms with Gasteiger partial charge in [-0.05, 0) is 30.2 Å². The minimum absolute atomic E-state index is 0.230. The lowest BCUT2D eigenvalue weighted by Gasteiger charge is -2.16. The van der Waals surface area contributed by atoms with Crippen LogP contribution in [0.2, 0.25) is 0 Å². The molecule has 96 valence electrons. The number of ether oxygens (including phenoxy) is 1. The highest BCUT2D eigenvalue weighted by atomic mass is 79.9. The van der Waals surface area contributed by atoms with E-state index in [1.165, 1.54) is 24.3 Å². The zero-order valence-electron chi connectivity index (χ0n) is 9.59. The number of esters is 1. The van der Waals surface area contributed by atoms with Crippen LogP contribution in [0.5, 0.6) is 0 Å². The second-order valence-electron chi connectivity index (χ2n) is 3.36. The van der Waals surface area contributed by atoms with Crippen molar-refractivity contribution in [3.63, 3.8) is 0 Å². The summed E-state index contributed by atoms with van der Waals surface area (Å²) in [6, 6.07) is 4.61. The molecule has 0 N–H and O–H groups in total. The third-order valence-corrected chi connectivity index (χ3v) is 3.05. The van der Waals surface area contributed by atoms with Crippen molar-refractivity contribution in [1.29, 1.82) is 0 Å². The van der Waals surface area contributed by atoms with E-state index in [9.17, 15) is 9.18 Å². The van der Waals surface area contributed by atoms with E-state index in [1.807, 2.05) is 0 Å². The highest BCUT2D eigenvalue weighted by molar-refractivity contribution is 9.10. The van der Waals surface area contributed by atoms with E-state index in [0.29, 0.717) is 5.56 Å². The summed E-state index contributed by atoms with van der Waals surface area (Å²) in [4.78, 5) is 13.5. The highest BCUT2D eigenvalue weighted by Crippen LogP contribution is 2.28. The maximum Gasteiger partial charge on any atom is 0.320 e. The molecule has 0 aliphatic rings. The van der Waals surface area contributed by atoms with E-state index in [2.05, 4.69) is 26.0 Å². The first-order chi connectivity index (χ1) is 8.60. The summed E-state index contributed by atoms with van der Waals surface area (Å²) in [7, 11) is 0. The number of rotatable bonds is 5. The van der Waals surface area contributed by atoms with E-state index in [-0.39, 0.29) is 6.61 Å². The predicted molar refractivity (Wildman–Crippen MR) is 67.6 cm³/mol. The first-order valence-electron chi connectivity index (χ1n) is 5.20. The lowest BCUT2D eigenvalue weighted by Crippen LogP contribution is -2.23. The standard InChI is InChI=1S/C11H11BrFN3O2/c1-2-18-11(17)9(12)10(15-16-14)7-3-5-8(13)6-4-7/h3-6,9-10H,2H2,1H3. The summed E-state index contributed by atoms with van der Waals surface area (Å²) in [5.74, 6) is -0.931. The minimum Gasteiger partial charge on any atom is -0.465 e. The number of azide groups is 1. The molecule has 0 spiro atoms. The third kappa shape index (κ3) is 3.72. The van der Waals surface area contributed by atoms with Crippen molar-refractivity contribution in [1.82, 2.24) is 0 Å². The molecule has 18 heavy (non-hydrogen) atoms. The van der Waals surface area contributed by atoms with E-state index >= 15 is 0 Å². The minimum atomic E-state index is -0.807. The van der Waals surface area contributed by atoms with Gasteiger partial charge in [-0.3, -0.25) is 4.79 Å². The van der Waals surface area contributed by atoms with Crippen molar-refractivity contribution in [3.8, 4) is 0 Å². The maximum atomic E-state index is 12.8. The van der Waals surface area contributed by atoms with Crippen molar-refractivity contribution in [2.45, 2.75) is 17.8 Å². The molecular weight excluding hydrogens is 305 g/mol. The van der Waals surface area contributed by atoms with Gasteiger partial charge >= 0.3 is 5.97 Å². The van der Waals surface area contributed by atoms with Crippen molar-refractivity contribution >= 4 is 21.9 Å². The van der Waals surface area contributed by atoms with E-state index in [0.717, 1.165) is 0 Å². The average molecular weight is 316 g/mol. The molecule has 1 aromatic carbocycles. The van der Waals surface area contributed by atoms with Crippen LogP contribution in [0.3, 0.4) is 0 Å². The Hall–Kier alpha value is -1.59. The molecule has 0 aliphatic carbocycles. The molecule has 0 fully saturated rings. The number of halogens is 2. The molecule has 0 amide bonds. The predicted octanol–water partition coefficient (Wildman–Crippen LogP) is 3.50. The summed E-state index contributed by atoms with van der Waals surface area (Å²) >= 11 is 3.13. The Labute approximate surface area is 112 Å². The fraction of sp³-hybridized carbons (Fsp3) is 0.364. The number of benzene rings is 1. The Morgan fingerprint density at radius 2 is 2.17 bits per heavy atom. The zero-order chi connectivity index (χ0) is 13.5. The fourth-order valence-corrected chi connectivity index (χ4v) is 1.90. The molecule has 2 atom stereocenters. The normalized spacial score (nSPS) is 13.3. The summed E-state index contributed by atoms with van der Waals surface area (Å²) in [5.41, 5.74) is 9.06. The van der Waals surface area contributed by atoms with Crippen molar-refractivity contribution < 1.29 is 13.9 Å². The van der Waals surface area contributed by atoms with Crippen molar-refractivity contribution in [3.05, 3.63) is 46.1 Å². The molecule has 1 aromatic rings. The van der Waals surface area contributed by atoms with Gasteiger partial charge in [0.25, 0.3) is 0 Å². The Bertz CT molecular complexity index is 460. The van der Waals surface area contributed by atoms with Crippen LogP contribution in [-0.2, 0) is 9.53 Å². The van der Waals surface area contributed by atoms with Gasteiger partial charge < -0.3 is 4.74 Å². The van der Waals surface area contributed by atoms with Gasteiger partial charge in [0.2, 0.25) is 0 Å². The van der Waals surface area contributed by atoms with Gasteiger partial charge in [-0.25, -0.2) is 4.39 Å². The average Bonchev–Trinajstić information content (AvgIpc) is 2.37. The van der Waals surface area contributed by atoms with Crippen LogP contribution in [0.25, 0.3) is 10.4 Å². The van der Waals surface area contributed by atoms with Gasteiger partial charge in [0.15, 0.2) is 0 Å². The zero-order valence-corrected chi connectivity index (χ0v) is 11.2. The molecule has 0 radical (unpaired) electrons. The molecule has 0 bridgehead atoms. The quantitative estimate of drug-likeness (QED) is 0.274. The van der Waals surface area contributed by atoms with Crippen LogP contribution >= 0.6 is 15.9 Å². The molecule has 5 nitrogen and oxygen atoms in total. The lowest BCUT2D eigenvalue weighted by molar-refractivity contribution is -0.142.